The van der Waals surface area contributed by atoms with E-state index in [2.05, 4.69) is 20.9 Å². The van der Waals surface area contributed by atoms with Crippen LogP contribution in [0.2, 0.25) is 0 Å². The molecule has 11 heteroatoms. The smallest absolute Gasteiger partial charge is 0.323 e. The zero-order chi connectivity index (χ0) is 28.6. The summed E-state index contributed by atoms with van der Waals surface area (Å²) >= 11 is 0. The first-order valence-electron chi connectivity index (χ1n) is 13.4. The number of rotatable bonds is 10. The number of carbonyl (C=O) groups excluding carboxylic acids is 1. The Bertz CT molecular complexity index is 1490. The molecular formula is C30H33FN6O4. The van der Waals surface area contributed by atoms with Crippen molar-refractivity contribution in [2.45, 2.75) is 6.42 Å². The molecule has 2 heterocycles. The molecule has 4 aromatic rings. The average Bonchev–Trinajstić information content (AvgIpc) is 3.00. The summed E-state index contributed by atoms with van der Waals surface area (Å²) < 4.78 is 30.3. The van der Waals surface area contributed by atoms with Crippen LogP contribution in [-0.2, 0) is 4.74 Å². The number of hydrogen-bond acceptors (Lipinski definition) is 8. The number of morpholine rings is 1. The van der Waals surface area contributed by atoms with E-state index in [-0.39, 0.29) is 5.69 Å². The van der Waals surface area contributed by atoms with E-state index in [4.69, 9.17) is 24.2 Å². The minimum atomic E-state index is -0.547. The summed E-state index contributed by atoms with van der Waals surface area (Å²) in [4.78, 5) is 24.4. The van der Waals surface area contributed by atoms with Crippen LogP contribution >= 0.6 is 0 Å². The fraction of sp³-hybridized carbons (Fsp3) is 0.300. The number of anilines is 3. The van der Waals surface area contributed by atoms with Crippen LogP contribution in [0.15, 0.2) is 60.7 Å². The van der Waals surface area contributed by atoms with Gasteiger partial charge in [-0.05, 0) is 55.4 Å². The Morgan fingerprint density at radius 3 is 2.44 bits per heavy atom. The lowest BCUT2D eigenvalue weighted by Gasteiger charge is -2.26. The molecule has 5 rings (SSSR count). The van der Waals surface area contributed by atoms with Gasteiger partial charge in [-0.2, -0.15) is 0 Å². The zero-order valence-electron chi connectivity index (χ0n) is 23.1. The summed E-state index contributed by atoms with van der Waals surface area (Å²) in [5.41, 5.74) is 2.10. The summed E-state index contributed by atoms with van der Waals surface area (Å²) in [6, 6.07) is 16.3. The van der Waals surface area contributed by atoms with Crippen molar-refractivity contribution in [3.8, 4) is 22.9 Å². The molecule has 1 aliphatic heterocycles. The number of nitrogens with one attached hydrogen (secondary N) is 3. The van der Waals surface area contributed by atoms with E-state index in [0.717, 1.165) is 56.8 Å². The molecule has 41 heavy (non-hydrogen) atoms. The van der Waals surface area contributed by atoms with E-state index >= 15 is 0 Å². The summed E-state index contributed by atoms with van der Waals surface area (Å²) in [6.45, 7) is 5.17. The second-order valence-corrected chi connectivity index (χ2v) is 9.49. The molecule has 2 amide bonds. The Labute approximate surface area is 237 Å². The molecule has 0 atom stereocenters. The highest BCUT2D eigenvalue weighted by molar-refractivity contribution is 6.00. The Hall–Kier alpha value is -4.48. The number of aromatic nitrogens is 2. The molecular weight excluding hydrogens is 527 g/mol. The monoisotopic (exact) mass is 560 g/mol. The van der Waals surface area contributed by atoms with Crippen LogP contribution in [0, 0.1) is 5.82 Å². The molecule has 0 unspecified atom stereocenters. The SMILES string of the molecule is COc1cc2nc(-c3ccc(NC(=O)Nc4ccccc4F)cc3)nc(NCCCN3CCOCC3)c2cc1OC. The van der Waals surface area contributed by atoms with Crippen LogP contribution in [0.4, 0.5) is 26.4 Å². The van der Waals surface area contributed by atoms with Gasteiger partial charge in [-0.15, -0.1) is 0 Å². The first-order valence-corrected chi connectivity index (χ1v) is 13.4. The van der Waals surface area contributed by atoms with Crippen LogP contribution in [0.5, 0.6) is 11.5 Å². The lowest BCUT2D eigenvalue weighted by molar-refractivity contribution is 0.0378. The average molecular weight is 561 g/mol. The van der Waals surface area contributed by atoms with Crippen molar-refractivity contribution in [2.24, 2.45) is 0 Å². The van der Waals surface area contributed by atoms with E-state index in [1.54, 1.807) is 38.5 Å². The van der Waals surface area contributed by atoms with E-state index in [1.807, 2.05) is 24.3 Å². The maximum absolute atomic E-state index is 13.9. The summed E-state index contributed by atoms with van der Waals surface area (Å²) in [7, 11) is 3.19. The van der Waals surface area contributed by atoms with Crippen molar-refractivity contribution in [1.82, 2.24) is 14.9 Å². The molecule has 0 radical (unpaired) electrons. The number of amides is 2. The van der Waals surface area contributed by atoms with Gasteiger partial charge < -0.3 is 30.2 Å². The van der Waals surface area contributed by atoms with Gasteiger partial charge in [0.15, 0.2) is 17.3 Å². The van der Waals surface area contributed by atoms with Gasteiger partial charge in [0, 0.05) is 42.3 Å². The van der Waals surface area contributed by atoms with Crippen molar-refractivity contribution in [1.29, 1.82) is 0 Å². The van der Waals surface area contributed by atoms with Crippen molar-refractivity contribution < 1.29 is 23.4 Å². The predicted octanol–water partition coefficient (Wildman–Crippen LogP) is 5.23. The molecule has 0 bridgehead atoms. The number of halogens is 1. The van der Waals surface area contributed by atoms with Gasteiger partial charge in [0.05, 0.1) is 38.6 Å². The molecule has 1 aromatic heterocycles. The third-order valence-electron chi connectivity index (χ3n) is 6.77. The zero-order valence-corrected chi connectivity index (χ0v) is 23.1. The van der Waals surface area contributed by atoms with E-state index in [0.29, 0.717) is 34.3 Å². The second kappa shape index (κ2) is 13.2. The van der Waals surface area contributed by atoms with Crippen LogP contribution in [0.25, 0.3) is 22.3 Å². The minimum Gasteiger partial charge on any atom is -0.493 e. The first-order chi connectivity index (χ1) is 20.0. The predicted molar refractivity (Wildman–Crippen MR) is 157 cm³/mol. The largest absolute Gasteiger partial charge is 0.493 e. The summed E-state index contributed by atoms with van der Waals surface area (Å²) in [5.74, 6) is 1.87. The van der Waals surface area contributed by atoms with Crippen molar-refractivity contribution in [3.63, 3.8) is 0 Å². The highest BCUT2D eigenvalue weighted by atomic mass is 19.1. The van der Waals surface area contributed by atoms with Gasteiger partial charge in [-0.1, -0.05) is 12.1 Å². The van der Waals surface area contributed by atoms with E-state index in [1.165, 1.54) is 12.1 Å². The fourth-order valence-electron chi connectivity index (χ4n) is 4.60. The first kappa shape index (κ1) is 28.1. The highest BCUT2D eigenvalue weighted by Crippen LogP contribution is 2.35. The lowest BCUT2D eigenvalue weighted by atomic mass is 10.1. The van der Waals surface area contributed by atoms with Crippen LogP contribution < -0.4 is 25.4 Å². The Morgan fingerprint density at radius 2 is 1.71 bits per heavy atom. The molecule has 1 aliphatic rings. The maximum Gasteiger partial charge on any atom is 0.323 e. The Balaban J connectivity index is 1.34. The number of fused-ring (bicyclic) bond motifs is 1. The number of para-hydroxylation sites is 1. The second-order valence-electron chi connectivity index (χ2n) is 9.49. The minimum absolute atomic E-state index is 0.100. The lowest BCUT2D eigenvalue weighted by Crippen LogP contribution is -2.37. The number of benzene rings is 3. The number of methoxy groups -OCH3 is 2. The molecule has 1 saturated heterocycles. The van der Waals surface area contributed by atoms with Gasteiger partial charge >= 0.3 is 6.03 Å². The molecule has 0 spiro atoms. The molecule has 3 aromatic carbocycles. The van der Waals surface area contributed by atoms with Crippen molar-refractivity contribution >= 4 is 34.1 Å². The summed E-state index contributed by atoms with van der Waals surface area (Å²) in [6.07, 6.45) is 0.948. The van der Waals surface area contributed by atoms with E-state index in [9.17, 15) is 9.18 Å². The van der Waals surface area contributed by atoms with Crippen molar-refractivity contribution in [2.75, 3.05) is 69.6 Å². The number of urea groups is 1. The Morgan fingerprint density at radius 1 is 0.976 bits per heavy atom. The molecule has 0 saturated carbocycles. The third-order valence-corrected chi connectivity index (χ3v) is 6.77. The highest BCUT2D eigenvalue weighted by Gasteiger charge is 2.15. The van der Waals surface area contributed by atoms with Gasteiger partial charge in [0.25, 0.3) is 0 Å². The Kier molecular flexibility index (Phi) is 9.07. The topological polar surface area (TPSA) is 110 Å². The molecule has 3 N–H and O–H groups in total. The number of hydrogen-bond donors (Lipinski definition) is 3. The summed E-state index contributed by atoms with van der Waals surface area (Å²) in [5, 5.41) is 9.53. The van der Waals surface area contributed by atoms with Gasteiger partial charge in [0.2, 0.25) is 0 Å². The number of ether oxygens (including phenoxy) is 3. The normalized spacial score (nSPS) is 13.5. The third kappa shape index (κ3) is 7.00. The standard InChI is InChI=1S/C30H33FN6O4/c1-39-26-18-22-25(19-27(26)40-2)34-28(36-29(22)32-12-5-13-37-14-16-41-17-15-37)20-8-10-21(11-9-20)33-30(38)35-24-7-4-3-6-23(24)31/h3-4,6-11,18-19H,5,12-17H2,1-2H3,(H,32,34,36)(H2,33,35,38). The molecule has 1 fully saturated rings. The van der Waals surface area contributed by atoms with Gasteiger partial charge in [-0.25, -0.2) is 19.2 Å². The van der Waals surface area contributed by atoms with E-state index < -0.39 is 11.8 Å². The molecule has 0 aliphatic carbocycles. The fourth-order valence-corrected chi connectivity index (χ4v) is 4.60. The van der Waals surface area contributed by atoms with Gasteiger partial charge in [0.1, 0.15) is 11.6 Å². The number of nitrogens with zero attached hydrogens (tertiary/aromatic N) is 3. The van der Waals surface area contributed by atoms with Crippen LogP contribution in [0.1, 0.15) is 6.42 Å². The van der Waals surface area contributed by atoms with Crippen LogP contribution in [0.3, 0.4) is 0 Å². The molecule has 214 valence electrons. The molecule has 10 nitrogen and oxygen atoms in total. The van der Waals surface area contributed by atoms with Gasteiger partial charge in [-0.3, -0.25) is 4.90 Å². The maximum atomic E-state index is 13.9. The number of carbonyl (C=O) groups is 1. The van der Waals surface area contributed by atoms with Crippen LogP contribution in [-0.4, -0.2) is 74.5 Å². The van der Waals surface area contributed by atoms with Crippen molar-refractivity contribution in [3.05, 3.63) is 66.5 Å². The quantitative estimate of drug-likeness (QED) is 0.226.